The fourth-order valence-corrected chi connectivity index (χ4v) is 3.08. The molecule has 0 fully saturated rings. The highest BCUT2D eigenvalue weighted by Crippen LogP contribution is 2.28. The van der Waals surface area contributed by atoms with Crippen molar-refractivity contribution in [2.45, 2.75) is 13.3 Å². The number of nitrogens with zero attached hydrogens (tertiary/aromatic N) is 3. The smallest absolute Gasteiger partial charge is 0.340 e. The average Bonchev–Trinajstić information content (AvgIpc) is 2.82. The molecule has 0 atom stereocenters. The molecule has 0 saturated carbocycles. The minimum atomic E-state index is -2.79. The largest absolute Gasteiger partial charge is 0.465 e. The maximum Gasteiger partial charge on any atom is 0.340 e. The lowest BCUT2D eigenvalue weighted by atomic mass is 10.0. The van der Waals surface area contributed by atoms with E-state index in [1.807, 2.05) is 0 Å². The summed E-state index contributed by atoms with van der Waals surface area (Å²) < 4.78 is 30.7. The summed E-state index contributed by atoms with van der Waals surface area (Å²) in [6.45, 7) is 0.270. The Balaban J connectivity index is 1.90. The highest BCUT2D eigenvalue weighted by molar-refractivity contribution is 6.04. The molecular weight excluding hydrogens is 434 g/mol. The molecule has 0 aliphatic heterocycles. The van der Waals surface area contributed by atoms with Gasteiger partial charge in [0.2, 0.25) is 5.91 Å². The second kappa shape index (κ2) is 10.4. The van der Waals surface area contributed by atoms with E-state index < -0.39 is 24.8 Å². The van der Waals surface area contributed by atoms with Crippen molar-refractivity contribution in [3.63, 3.8) is 0 Å². The topological polar surface area (TPSA) is 101 Å². The van der Waals surface area contributed by atoms with Crippen molar-refractivity contribution >= 4 is 29.2 Å². The van der Waals surface area contributed by atoms with Gasteiger partial charge in [-0.1, -0.05) is 6.07 Å². The summed E-state index contributed by atoms with van der Waals surface area (Å²) in [5, 5.41) is 2.69. The first-order valence-electron chi connectivity index (χ1n) is 9.76. The molecule has 0 spiro atoms. The van der Waals surface area contributed by atoms with Gasteiger partial charge in [-0.3, -0.25) is 19.6 Å². The Bertz CT molecular complexity index is 1150. The Labute approximate surface area is 188 Å². The summed E-state index contributed by atoms with van der Waals surface area (Å²) in [4.78, 5) is 45.6. The number of pyridine rings is 2. The lowest BCUT2D eigenvalue weighted by molar-refractivity contribution is -0.117. The number of esters is 1. The van der Waals surface area contributed by atoms with Crippen LogP contribution < -0.4 is 10.2 Å². The van der Waals surface area contributed by atoms with Gasteiger partial charge < -0.3 is 15.0 Å². The van der Waals surface area contributed by atoms with Crippen LogP contribution in [0.25, 0.3) is 11.3 Å². The molecule has 0 bridgehead atoms. The van der Waals surface area contributed by atoms with E-state index in [2.05, 4.69) is 15.3 Å². The quantitative estimate of drug-likeness (QED) is 0.545. The van der Waals surface area contributed by atoms with Crippen molar-refractivity contribution in [1.82, 2.24) is 9.97 Å². The van der Waals surface area contributed by atoms with Crippen molar-refractivity contribution in [3.8, 4) is 11.3 Å². The second-order valence-electron chi connectivity index (χ2n) is 6.87. The molecule has 8 nitrogen and oxygen atoms in total. The molecule has 33 heavy (non-hydrogen) atoms. The summed E-state index contributed by atoms with van der Waals surface area (Å²) in [6, 6.07) is 10.8. The Morgan fingerprint density at radius 1 is 1.12 bits per heavy atom. The average molecular weight is 454 g/mol. The first-order chi connectivity index (χ1) is 15.8. The fourth-order valence-electron chi connectivity index (χ4n) is 3.08. The number of benzene rings is 1. The van der Waals surface area contributed by atoms with Crippen LogP contribution in [0.4, 0.5) is 20.2 Å². The second-order valence-corrected chi connectivity index (χ2v) is 6.87. The van der Waals surface area contributed by atoms with Gasteiger partial charge in [-0.15, -0.1) is 0 Å². The van der Waals surface area contributed by atoms with E-state index in [4.69, 9.17) is 4.74 Å². The van der Waals surface area contributed by atoms with E-state index in [1.54, 1.807) is 36.5 Å². The zero-order valence-electron chi connectivity index (χ0n) is 17.8. The van der Waals surface area contributed by atoms with Crippen molar-refractivity contribution in [3.05, 3.63) is 72.2 Å². The number of nitrogens with one attached hydrogen (secondary N) is 1. The Kier molecular flexibility index (Phi) is 7.39. The van der Waals surface area contributed by atoms with Crippen LogP contribution in [0.2, 0.25) is 0 Å². The van der Waals surface area contributed by atoms with Crippen LogP contribution in [0.15, 0.2) is 61.1 Å². The van der Waals surface area contributed by atoms with Gasteiger partial charge in [0.25, 0.3) is 12.3 Å². The van der Waals surface area contributed by atoms with Crippen LogP contribution in [0.3, 0.4) is 0 Å². The van der Waals surface area contributed by atoms with Gasteiger partial charge in [0.1, 0.15) is 0 Å². The fraction of sp³-hybridized carbons (Fsp3) is 0.174. The monoisotopic (exact) mass is 454 g/mol. The van der Waals surface area contributed by atoms with Crippen LogP contribution in [0.1, 0.15) is 27.6 Å². The first-order valence-corrected chi connectivity index (χ1v) is 9.76. The Hall–Kier alpha value is -4.21. The Morgan fingerprint density at radius 2 is 1.91 bits per heavy atom. The number of alkyl halides is 2. The molecule has 170 valence electrons. The molecule has 10 heteroatoms. The molecular formula is C23H20F2N4O4. The summed E-state index contributed by atoms with van der Waals surface area (Å²) in [5.74, 6) is -1.81. The number of methoxy groups -OCH3 is 1. The van der Waals surface area contributed by atoms with Gasteiger partial charge in [-0.25, -0.2) is 13.6 Å². The lowest BCUT2D eigenvalue weighted by Gasteiger charge is -2.23. The lowest BCUT2D eigenvalue weighted by Crippen LogP contribution is -2.34. The van der Waals surface area contributed by atoms with Gasteiger partial charge in [0, 0.05) is 24.9 Å². The van der Waals surface area contributed by atoms with Crippen molar-refractivity contribution in [2.24, 2.45) is 0 Å². The molecule has 2 heterocycles. The van der Waals surface area contributed by atoms with Crippen molar-refractivity contribution < 1.29 is 27.9 Å². The summed E-state index contributed by atoms with van der Waals surface area (Å²) >= 11 is 0. The van der Waals surface area contributed by atoms with Crippen LogP contribution in [-0.4, -0.2) is 47.8 Å². The number of aromatic nitrogens is 2. The number of rotatable bonds is 7. The number of carbonyl (C=O) groups excluding carboxylic acids is 3. The van der Waals surface area contributed by atoms with E-state index in [-0.39, 0.29) is 17.2 Å². The van der Waals surface area contributed by atoms with Gasteiger partial charge in [0.15, 0.2) is 0 Å². The molecule has 0 unspecified atom stereocenters. The third-order valence-corrected chi connectivity index (χ3v) is 4.63. The number of halogens is 2. The van der Waals surface area contributed by atoms with E-state index in [0.717, 1.165) is 18.9 Å². The number of hydrogen-bond acceptors (Lipinski definition) is 6. The van der Waals surface area contributed by atoms with Crippen LogP contribution in [0.5, 0.6) is 0 Å². The normalized spacial score (nSPS) is 10.6. The molecule has 1 aromatic carbocycles. The van der Waals surface area contributed by atoms with Crippen molar-refractivity contribution in [2.75, 3.05) is 23.9 Å². The maximum absolute atomic E-state index is 13.0. The standard InChI is InChI=1S/C23H20F2N4O4/c1-14(30)29(13-21(24)25)20-8-6-15(10-18(20)23(32)33-2)19-7-5-16(11-27-19)22(31)28-17-4-3-9-26-12-17/h3-12,21H,13H2,1-2H3,(H,28,31). The predicted octanol–water partition coefficient (Wildman–Crippen LogP) is 3.80. The summed E-state index contributed by atoms with van der Waals surface area (Å²) in [6.07, 6.45) is 1.67. The summed E-state index contributed by atoms with van der Waals surface area (Å²) in [5.41, 5.74) is 1.67. The van der Waals surface area contributed by atoms with Gasteiger partial charge in [-0.05, 0) is 36.4 Å². The molecule has 0 radical (unpaired) electrons. The third kappa shape index (κ3) is 5.73. The summed E-state index contributed by atoms with van der Waals surface area (Å²) in [7, 11) is 1.15. The predicted molar refractivity (Wildman–Crippen MR) is 117 cm³/mol. The van der Waals surface area contributed by atoms with E-state index in [0.29, 0.717) is 22.5 Å². The maximum atomic E-state index is 13.0. The molecule has 0 aliphatic rings. The number of amides is 2. The first kappa shape index (κ1) is 23.5. The molecule has 3 aromatic rings. The minimum Gasteiger partial charge on any atom is -0.465 e. The number of ether oxygens (including phenoxy) is 1. The number of hydrogen-bond donors (Lipinski definition) is 1. The molecule has 3 rings (SSSR count). The van der Waals surface area contributed by atoms with Gasteiger partial charge in [-0.2, -0.15) is 0 Å². The molecule has 0 aliphatic carbocycles. The third-order valence-electron chi connectivity index (χ3n) is 4.63. The molecule has 2 aromatic heterocycles. The number of anilines is 2. The molecule has 0 saturated heterocycles. The van der Waals surface area contributed by atoms with E-state index in [9.17, 15) is 23.2 Å². The van der Waals surface area contributed by atoms with Crippen LogP contribution >= 0.6 is 0 Å². The minimum absolute atomic E-state index is 0.00543. The zero-order chi connectivity index (χ0) is 24.0. The van der Waals surface area contributed by atoms with Gasteiger partial charge >= 0.3 is 5.97 Å². The van der Waals surface area contributed by atoms with E-state index in [1.165, 1.54) is 24.5 Å². The molecule has 2 amide bonds. The molecule has 1 N–H and O–H groups in total. The highest BCUT2D eigenvalue weighted by Gasteiger charge is 2.24. The van der Waals surface area contributed by atoms with Crippen LogP contribution in [-0.2, 0) is 9.53 Å². The van der Waals surface area contributed by atoms with E-state index >= 15 is 0 Å². The van der Waals surface area contributed by atoms with Gasteiger partial charge in [0.05, 0.1) is 48.0 Å². The highest BCUT2D eigenvalue weighted by atomic mass is 19.3. The number of carbonyl (C=O) groups is 3. The Morgan fingerprint density at radius 3 is 2.48 bits per heavy atom. The van der Waals surface area contributed by atoms with Crippen molar-refractivity contribution in [1.29, 1.82) is 0 Å². The SMILES string of the molecule is COC(=O)c1cc(-c2ccc(C(=O)Nc3cccnc3)cn2)ccc1N(CC(F)F)C(C)=O. The zero-order valence-corrected chi connectivity index (χ0v) is 17.8. The van der Waals surface area contributed by atoms with Crippen LogP contribution in [0, 0.1) is 0 Å².